The highest BCUT2D eigenvalue weighted by Gasteiger charge is 2.15. The minimum Gasteiger partial charge on any atom is -0.469 e. The van der Waals surface area contributed by atoms with E-state index in [0.717, 1.165) is 23.5 Å². The average molecular weight is 224 g/mol. The van der Waals surface area contributed by atoms with Crippen LogP contribution in [0.3, 0.4) is 0 Å². The first kappa shape index (κ1) is 12.7. The Balaban J connectivity index is 2.93. The quantitative estimate of drug-likeness (QED) is 0.733. The van der Waals surface area contributed by atoms with Crippen molar-refractivity contribution >= 4 is 5.97 Å². The first-order valence-electron chi connectivity index (χ1n) is 5.55. The van der Waals surface area contributed by atoms with Gasteiger partial charge in [0.1, 0.15) is 0 Å². The fourth-order valence-corrected chi connectivity index (χ4v) is 1.73. The molecule has 0 spiro atoms. The van der Waals surface area contributed by atoms with Crippen LogP contribution in [-0.2, 0) is 22.5 Å². The molecule has 4 heteroatoms. The molecule has 4 nitrogen and oxygen atoms in total. The molecule has 1 heterocycles. The van der Waals surface area contributed by atoms with E-state index in [4.69, 9.17) is 0 Å². The third-order valence-electron chi connectivity index (χ3n) is 2.62. The average Bonchev–Trinajstić information content (AvgIpc) is 2.45. The Morgan fingerprint density at radius 1 is 1.44 bits per heavy atom. The Hall–Kier alpha value is -1.32. The van der Waals surface area contributed by atoms with Crippen molar-refractivity contribution in [2.24, 2.45) is 5.92 Å². The zero-order valence-corrected chi connectivity index (χ0v) is 10.7. The zero-order valence-electron chi connectivity index (χ0n) is 10.7. The summed E-state index contributed by atoms with van der Waals surface area (Å²) in [5, 5.41) is 4.45. The van der Waals surface area contributed by atoms with E-state index >= 15 is 0 Å². The predicted octanol–water partition coefficient (Wildman–Crippen LogP) is 1.87. The number of carbonyl (C=O) groups excluding carboxylic acids is 1. The molecule has 0 fully saturated rings. The van der Waals surface area contributed by atoms with Crippen LogP contribution in [0.25, 0.3) is 0 Å². The maximum Gasteiger partial charge on any atom is 0.310 e. The van der Waals surface area contributed by atoms with E-state index in [9.17, 15) is 4.79 Å². The molecule has 0 aliphatic carbocycles. The van der Waals surface area contributed by atoms with Gasteiger partial charge in [-0.2, -0.15) is 5.10 Å². The van der Waals surface area contributed by atoms with Crippen molar-refractivity contribution in [2.45, 2.75) is 40.7 Å². The van der Waals surface area contributed by atoms with Gasteiger partial charge in [-0.25, -0.2) is 0 Å². The molecular weight excluding hydrogens is 204 g/mol. The molecule has 16 heavy (non-hydrogen) atoms. The van der Waals surface area contributed by atoms with Crippen LogP contribution in [0.4, 0.5) is 0 Å². The van der Waals surface area contributed by atoms with Gasteiger partial charge in [-0.15, -0.1) is 0 Å². The molecule has 1 aromatic heterocycles. The number of hydrogen-bond acceptors (Lipinski definition) is 3. The number of nitrogens with zero attached hydrogens (tertiary/aromatic N) is 2. The van der Waals surface area contributed by atoms with E-state index in [2.05, 4.69) is 23.7 Å². The van der Waals surface area contributed by atoms with Gasteiger partial charge in [0.15, 0.2) is 0 Å². The second-order valence-corrected chi connectivity index (χ2v) is 4.48. The number of hydrogen-bond donors (Lipinski definition) is 0. The molecular formula is C12H20N2O2. The monoisotopic (exact) mass is 224 g/mol. The Bertz CT molecular complexity index is 381. The van der Waals surface area contributed by atoms with Crippen LogP contribution in [-0.4, -0.2) is 22.9 Å². The number of carbonyl (C=O) groups is 1. The second-order valence-electron chi connectivity index (χ2n) is 4.48. The van der Waals surface area contributed by atoms with E-state index in [1.54, 1.807) is 0 Å². The lowest BCUT2D eigenvalue weighted by Gasteiger charge is -2.07. The van der Waals surface area contributed by atoms with Crippen LogP contribution in [0.15, 0.2) is 0 Å². The molecule has 0 bridgehead atoms. The minimum atomic E-state index is -0.213. The molecule has 0 saturated heterocycles. The number of rotatable bonds is 4. The Morgan fingerprint density at radius 3 is 2.56 bits per heavy atom. The Labute approximate surface area is 96.6 Å². The number of methoxy groups -OCH3 is 1. The summed E-state index contributed by atoms with van der Waals surface area (Å²) in [5.74, 6) is 0.333. The summed E-state index contributed by atoms with van der Waals surface area (Å²) in [7, 11) is 1.41. The van der Waals surface area contributed by atoms with Gasteiger partial charge in [0.05, 0.1) is 19.2 Å². The van der Waals surface area contributed by atoms with Crippen molar-refractivity contribution in [1.82, 2.24) is 9.78 Å². The number of ether oxygens (including phenoxy) is 1. The van der Waals surface area contributed by atoms with Gasteiger partial charge in [-0.3, -0.25) is 9.48 Å². The van der Waals surface area contributed by atoms with Gasteiger partial charge in [0, 0.05) is 17.8 Å². The fraction of sp³-hybridized carbons (Fsp3) is 0.667. The molecule has 1 aromatic rings. The van der Waals surface area contributed by atoms with Crippen LogP contribution >= 0.6 is 0 Å². The van der Waals surface area contributed by atoms with Crippen molar-refractivity contribution in [3.8, 4) is 0 Å². The molecule has 0 saturated carbocycles. The molecule has 0 aliphatic rings. The summed E-state index contributed by atoms with van der Waals surface area (Å²) in [6.07, 6.45) is 0.312. The maximum atomic E-state index is 11.3. The van der Waals surface area contributed by atoms with Crippen molar-refractivity contribution in [3.05, 3.63) is 17.0 Å². The normalized spacial score (nSPS) is 10.9. The summed E-state index contributed by atoms with van der Waals surface area (Å²) in [5.41, 5.74) is 2.98. The van der Waals surface area contributed by atoms with Crippen LogP contribution in [0.2, 0.25) is 0 Å². The van der Waals surface area contributed by atoms with Crippen molar-refractivity contribution in [3.63, 3.8) is 0 Å². The zero-order chi connectivity index (χ0) is 12.3. The third kappa shape index (κ3) is 2.84. The molecule has 0 unspecified atom stereocenters. The molecule has 0 N–H and O–H groups in total. The number of aromatic nitrogens is 2. The minimum absolute atomic E-state index is 0.213. The molecule has 0 aliphatic heterocycles. The molecule has 0 aromatic carbocycles. The van der Waals surface area contributed by atoms with Gasteiger partial charge < -0.3 is 4.74 Å². The largest absolute Gasteiger partial charge is 0.469 e. The highest BCUT2D eigenvalue weighted by atomic mass is 16.5. The van der Waals surface area contributed by atoms with E-state index < -0.39 is 0 Å². The van der Waals surface area contributed by atoms with Gasteiger partial charge >= 0.3 is 5.97 Å². The number of aryl methyl sites for hydroxylation is 1. The van der Waals surface area contributed by atoms with Gasteiger partial charge in [0.2, 0.25) is 0 Å². The van der Waals surface area contributed by atoms with Crippen LogP contribution in [0.5, 0.6) is 0 Å². The first-order valence-corrected chi connectivity index (χ1v) is 5.55. The van der Waals surface area contributed by atoms with E-state index in [-0.39, 0.29) is 5.97 Å². The van der Waals surface area contributed by atoms with E-state index in [1.807, 2.05) is 18.5 Å². The highest BCUT2D eigenvalue weighted by molar-refractivity contribution is 5.73. The third-order valence-corrected chi connectivity index (χ3v) is 2.62. The SMILES string of the molecule is COC(=O)Cc1c(C)nn(CC(C)C)c1C. The Kier molecular flexibility index (Phi) is 4.10. The topological polar surface area (TPSA) is 44.1 Å². The summed E-state index contributed by atoms with van der Waals surface area (Å²) in [4.78, 5) is 11.3. The van der Waals surface area contributed by atoms with Crippen molar-refractivity contribution < 1.29 is 9.53 Å². The summed E-state index contributed by atoms with van der Waals surface area (Å²) < 4.78 is 6.65. The van der Waals surface area contributed by atoms with Crippen LogP contribution in [0.1, 0.15) is 30.8 Å². The Morgan fingerprint density at radius 2 is 2.06 bits per heavy atom. The summed E-state index contributed by atoms with van der Waals surface area (Å²) in [6.45, 7) is 9.11. The lowest BCUT2D eigenvalue weighted by molar-refractivity contribution is -0.139. The van der Waals surface area contributed by atoms with Crippen LogP contribution in [0, 0.1) is 19.8 Å². The van der Waals surface area contributed by atoms with E-state index in [0.29, 0.717) is 12.3 Å². The first-order chi connectivity index (χ1) is 7.45. The maximum absolute atomic E-state index is 11.3. The summed E-state index contributed by atoms with van der Waals surface area (Å²) >= 11 is 0. The highest BCUT2D eigenvalue weighted by Crippen LogP contribution is 2.15. The van der Waals surface area contributed by atoms with Crippen molar-refractivity contribution in [1.29, 1.82) is 0 Å². The standard InChI is InChI=1S/C12H20N2O2/c1-8(2)7-14-10(4)11(9(3)13-14)6-12(15)16-5/h8H,6-7H2,1-5H3. The van der Waals surface area contributed by atoms with Gasteiger partial charge in [-0.05, 0) is 19.8 Å². The van der Waals surface area contributed by atoms with Crippen LogP contribution < -0.4 is 0 Å². The number of esters is 1. The van der Waals surface area contributed by atoms with E-state index in [1.165, 1.54) is 7.11 Å². The van der Waals surface area contributed by atoms with Gasteiger partial charge in [0.25, 0.3) is 0 Å². The second kappa shape index (κ2) is 5.14. The molecule has 90 valence electrons. The lowest BCUT2D eigenvalue weighted by Crippen LogP contribution is -2.09. The smallest absolute Gasteiger partial charge is 0.310 e. The molecule has 0 atom stereocenters. The van der Waals surface area contributed by atoms with Crippen molar-refractivity contribution in [2.75, 3.05) is 7.11 Å². The molecule has 0 amide bonds. The lowest BCUT2D eigenvalue weighted by atomic mass is 10.1. The fourth-order valence-electron chi connectivity index (χ4n) is 1.73. The molecule has 1 rings (SSSR count). The molecule has 0 radical (unpaired) electrons. The summed E-state index contributed by atoms with van der Waals surface area (Å²) in [6, 6.07) is 0. The predicted molar refractivity (Wildman–Crippen MR) is 62.3 cm³/mol. The van der Waals surface area contributed by atoms with Gasteiger partial charge in [-0.1, -0.05) is 13.8 Å².